The van der Waals surface area contributed by atoms with Gasteiger partial charge < -0.3 is 14.3 Å². The first-order chi connectivity index (χ1) is 11.5. The summed E-state index contributed by atoms with van der Waals surface area (Å²) in [5, 5.41) is 6.26. The molecule has 122 valence electrons. The van der Waals surface area contributed by atoms with Gasteiger partial charge >= 0.3 is 5.63 Å². The van der Waals surface area contributed by atoms with Crippen LogP contribution in [0.5, 0.6) is 0 Å². The molecule has 0 aliphatic carbocycles. The van der Waals surface area contributed by atoms with Gasteiger partial charge in [0.15, 0.2) is 5.76 Å². The number of hydrogen-bond acceptors (Lipinski definition) is 5. The molecular weight excluding hydrogens is 322 g/mol. The number of nitrogens with zero attached hydrogens (tertiary/aromatic N) is 1. The third kappa shape index (κ3) is 3.37. The van der Waals surface area contributed by atoms with E-state index >= 15 is 0 Å². The molecular formula is C16H10F2N2O4. The van der Waals surface area contributed by atoms with E-state index in [4.69, 9.17) is 4.52 Å². The summed E-state index contributed by atoms with van der Waals surface area (Å²) in [5.74, 6) is -1.84. The van der Waals surface area contributed by atoms with E-state index < -0.39 is 23.2 Å². The number of halogens is 2. The number of hydrogen-bond donors (Lipinski definition) is 1. The number of rotatable bonds is 4. The van der Waals surface area contributed by atoms with Crippen LogP contribution in [0.3, 0.4) is 0 Å². The van der Waals surface area contributed by atoms with Gasteiger partial charge in [-0.2, -0.15) is 0 Å². The number of nitrogens with one attached hydrogen (secondary N) is 1. The molecule has 0 saturated carbocycles. The molecule has 1 amide bonds. The van der Waals surface area contributed by atoms with Gasteiger partial charge in [0, 0.05) is 18.2 Å². The Morgan fingerprint density at radius 2 is 2.00 bits per heavy atom. The predicted octanol–water partition coefficient (Wildman–Crippen LogP) is 2.50. The monoisotopic (exact) mass is 332 g/mol. The third-order valence-corrected chi connectivity index (χ3v) is 3.15. The smallest absolute Gasteiger partial charge is 0.335 e. The Morgan fingerprint density at radius 3 is 2.71 bits per heavy atom. The van der Waals surface area contributed by atoms with Gasteiger partial charge in [-0.15, -0.1) is 0 Å². The van der Waals surface area contributed by atoms with Crippen LogP contribution in [-0.4, -0.2) is 11.1 Å². The van der Waals surface area contributed by atoms with Gasteiger partial charge in [0.1, 0.15) is 23.6 Å². The maximum Gasteiger partial charge on any atom is 0.335 e. The van der Waals surface area contributed by atoms with E-state index in [1.54, 1.807) is 0 Å². The summed E-state index contributed by atoms with van der Waals surface area (Å²) in [6.07, 6.45) is 1.04. The summed E-state index contributed by atoms with van der Waals surface area (Å²) in [4.78, 5) is 22.7. The second kappa shape index (κ2) is 6.45. The lowest BCUT2D eigenvalue weighted by atomic mass is 10.1. The van der Waals surface area contributed by atoms with E-state index in [0.29, 0.717) is 5.69 Å². The summed E-state index contributed by atoms with van der Waals surface area (Å²) in [5.41, 5.74) is 0.0164. The van der Waals surface area contributed by atoms with E-state index in [2.05, 4.69) is 14.9 Å². The van der Waals surface area contributed by atoms with Crippen molar-refractivity contribution in [3.05, 3.63) is 76.0 Å². The van der Waals surface area contributed by atoms with E-state index in [0.717, 1.165) is 24.5 Å². The van der Waals surface area contributed by atoms with E-state index in [9.17, 15) is 18.4 Å². The molecule has 1 aromatic carbocycles. The summed E-state index contributed by atoms with van der Waals surface area (Å²) >= 11 is 0. The lowest BCUT2D eigenvalue weighted by Crippen LogP contribution is -2.23. The highest BCUT2D eigenvalue weighted by atomic mass is 19.1. The van der Waals surface area contributed by atoms with Crippen LogP contribution >= 0.6 is 0 Å². The quantitative estimate of drug-likeness (QED) is 0.793. The Labute approximate surface area is 133 Å². The number of carbonyl (C=O) groups excluding carboxylic acids is 1. The van der Waals surface area contributed by atoms with Crippen LogP contribution in [0.4, 0.5) is 8.78 Å². The lowest BCUT2D eigenvalue weighted by molar-refractivity contribution is 0.0947. The molecule has 0 aliphatic rings. The first-order valence-corrected chi connectivity index (χ1v) is 6.81. The maximum absolute atomic E-state index is 13.7. The first kappa shape index (κ1) is 15.6. The molecule has 8 heteroatoms. The highest BCUT2D eigenvalue weighted by molar-refractivity contribution is 5.93. The molecule has 6 nitrogen and oxygen atoms in total. The van der Waals surface area contributed by atoms with Crippen molar-refractivity contribution in [2.24, 2.45) is 0 Å². The molecule has 3 aromatic rings. The molecule has 2 aromatic heterocycles. The van der Waals surface area contributed by atoms with Crippen molar-refractivity contribution in [1.82, 2.24) is 10.5 Å². The van der Waals surface area contributed by atoms with Crippen LogP contribution in [0.1, 0.15) is 16.1 Å². The highest BCUT2D eigenvalue weighted by Crippen LogP contribution is 2.24. The van der Waals surface area contributed by atoms with Crippen LogP contribution in [0.15, 0.2) is 56.4 Å². The fourth-order valence-electron chi connectivity index (χ4n) is 1.97. The van der Waals surface area contributed by atoms with E-state index in [-0.39, 0.29) is 23.4 Å². The summed E-state index contributed by atoms with van der Waals surface area (Å²) in [6.45, 7) is 0.0181. The Kier molecular flexibility index (Phi) is 4.19. The van der Waals surface area contributed by atoms with Crippen LogP contribution < -0.4 is 10.9 Å². The lowest BCUT2D eigenvalue weighted by Gasteiger charge is -2.01. The number of benzene rings is 1. The molecule has 0 radical (unpaired) electrons. The van der Waals surface area contributed by atoms with Crippen molar-refractivity contribution in [3.63, 3.8) is 0 Å². The van der Waals surface area contributed by atoms with Crippen LogP contribution in [0.2, 0.25) is 0 Å². The first-order valence-electron chi connectivity index (χ1n) is 6.81. The maximum atomic E-state index is 13.7. The van der Waals surface area contributed by atoms with Gasteiger partial charge in [-0.05, 0) is 18.2 Å². The fourth-order valence-corrected chi connectivity index (χ4v) is 1.97. The van der Waals surface area contributed by atoms with Crippen molar-refractivity contribution in [2.75, 3.05) is 0 Å². The molecule has 24 heavy (non-hydrogen) atoms. The summed E-state index contributed by atoms with van der Waals surface area (Å²) in [6, 6.07) is 6.96. The van der Waals surface area contributed by atoms with Gasteiger partial charge in [-0.25, -0.2) is 13.6 Å². The Hall–Kier alpha value is -3.29. The van der Waals surface area contributed by atoms with Crippen LogP contribution in [0, 0.1) is 11.6 Å². The highest BCUT2D eigenvalue weighted by Gasteiger charge is 2.13. The minimum atomic E-state index is -0.777. The molecule has 0 unspecified atom stereocenters. The molecule has 0 fully saturated rings. The van der Waals surface area contributed by atoms with Crippen molar-refractivity contribution < 1.29 is 22.5 Å². The number of aromatic nitrogens is 1. The van der Waals surface area contributed by atoms with Crippen LogP contribution in [0.25, 0.3) is 11.3 Å². The largest absolute Gasteiger partial charge is 0.430 e. The van der Waals surface area contributed by atoms with Crippen LogP contribution in [-0.2, 0) is 6.54 Å². The SMILES string of the molecule is O=C(NCc1cc(-c2ccc(F)cc2F)on1)c1ccc(=O)oc1. The van der Waals surface area contributed by atoms with Gasteiger partial charge in [0.05, 0.1) is 17.7 Å². The van der Waals surface area contributed by atoms with Crippen molar-refractivity contribution in [3.8, 4) is 11.3 Å². The summed E-state index contributed by atoms with van der Waals surface area (Å²) in [7, 11) is 0. The topological polar surface area (TPSA) is 85.3 Å². The summed E-state index contributed by atoms with van der Waals surface area (Å²) < 4.78 is 36.2. The van der Waals surface area contributed by atoms with Gasteiger partial charge in [-0.1, -0.05) is 5.16 Å². The normalized spacial score (nSPS) is 10.6. The zero-order chi connectivity index (χ0) is 17.1. The van der Waals surface area contributed by atoms with Crippen molar-refractivity contribution >= 4 is 5.91 Å². The average molecular weight is 332 g/mol. The molecule has 0 saturated heterocycles. The minimum absolute atomic E-state index is 0.0181. The molecule has 0 atom stereocenters. The fraction of sp³-hybridized carbons (Fsp3) is 0.0625. The predicted molar refractivity (Wildman–Crippen MR) is 78.0 cm³/mol. The molecule has 0 aliphatic heterocycles. The van der Waals surface area contributed by atoms with E-state index in [1.165, 1.54) is 18.2 Å². The molecule has 0 spiro atoms. The van der Waals surface area contributed by atoms with Gasteiger partial charge in [0.25, 0.3) is 5.91 Å². The Balaban J connectivity index is 1.69. The third-order valence-electron chi connectivity index (χ3n) is 3.15. The number of amides is 1. The van der Waals surface area contributed by atoms with Crippen molar-refractivity contribution in [1.29, 1.82) is 0 Å². The Bertz CT molecular complexity index is 929. The second-order valence-electron chi connectivity index (χ2n) is 4.83. The van der Waals surface area contributed by atoms with Gasteiger partial charge in [-0.3, -0.25) is 4.79 Å². The van der Waals surface area contributed by atoms with Gasteiger partial charge in [0.2, 0.25) is 0 Å². The molecule has 1 N–H and O–H groups in total. The average Bonchev–Trinajstić information content (AvgIpc) is 3.02. The molecule has 3 rings (SSSR count). The minimum Gasteiger partial charge on any atom is -0.430 e. The van der Waals surface area contributed by atoms with Crippen molar-refractivity contribution in [2.45, 2.75) is 6.54 Å². The zero-order valence-corrected chi connectivity index (χ0v) is 12.1. The molecule has 0 bridgehead atoms. The number of carbonyl (C=O) groups is 1. The standard InChI is InChI=1S/C16H10F2N2O4/c17-10-2-3-12(13(18)5-10)14-6-11(20-24-14)7-19-16(22)9-1-4-15(21)23-8-9/h1-6,8H,7H2,(H,19,22). The zero-order valence-electron chi connectivity index (χ0n) is 12.1. The second-order valence-corrected chi connectivity index (χ2v) is 4.83. The Morgan fingerprint density at radius 1 is 1.17 bits per heavy atom. The van der Waals surface area contributed by atoms with E-state index in [1.807, 2.05) is 0 Å². The molecule has 2 heterocycles.